The Labute approximate surface area is 152 Å². The third kappa shape index (κ3) is 4.82. The summed E-state index contributed by atoms with van der Waals surface area (Å²) in [6, 6.07) is 8.52. The molecule has 0 unspecified atom stereocenters. The van der Waals surface area contributed by atoms with E-state index in [2.05, 4.69) is 6.07 Å². The van der Waals surface area contributed by atoms with Crippen molar-refractivity contribution in [1.29, 1.82) is 5.26 Å². The molecule has 138 valence electrons. The number of carbonyl (C=O) groups excluding carboxylic acids is 3. The quantitative estimate of drug-likeness (QED) is 0.547. The predicted octanol–water partition coefficient (Wildman–Crippen LogP) is 2.11. The summed E-state index contributed by atoms with van der Waals surface area (Å²) in [4.78, 5) is 36.0. The molecular weight excluding hydrogens is 336 g/mol. The molecule has 0 aromatic heterocycles. The molecule has 7 nitrogen and oxygen atoms in total. The van der Waals surface area contributed by atoms with E-state index in [1.807, 2.05) is 0 Å². The van der Waals surface area contributed by atoms with Crippen LogP contribution in [0, 0.1) is 11.3 Å². The maximum atomic E-state index is 12.3. The number of hydrogen-bond donors (Lipinski definition) is 0. The molecule has 0 aliphatic heterocycles. The van der Waals surface area contributed by atoms with Gasteiger partial charge in [-0.05, 0) is 37.1 Å². The van der Waals surface area contributed by atoms with Gasteiger partial charge >= 0.3 is 5.97 Å². The van der Waals surface area contributed by atoms with Crippen LogP contribution in [0.5, 0.6) is 5.75 Å². The molecule has 0 atom stereocenters. The second-order valence-corrected chi connectivity index (χ2v) is 6.29. The monoisotopic (exact) mass is 358 g/mol. The smallest absolute Gasteiger partial charge is 0.344 e. The molecule has 0 N–H and O–H groups in total. The first kappa shape index (κ1) is 19.4. The summed E-state index contributed by atoms with van der Waals surface area (Å²) >= 11 is 0. The molecule has 0 radical (unpaired) electrons. The van der Waals surface area contributed by atoms with Gasteiger partial charge in [0, 0.05) is 12.6 Å². The number of nitriles is 1. The van der Waals surface area contributed by atoms with Crippen LogP contribution in [0.25, 0.3) is 0 Å². The second-order valence-electron chi connectivity index (χ2n) is 6.29. The van der Waals surface area contributed by atoms with Crippen molar-refractivity contribution in [2.45, 2.75) is 37.6 Å². The van der Waals surface area contributed by atoms with Crippen LogP contribution in [0.1, 0.15) is 42.5 Å². The van der Waals surface area contributed by atoms with Gasteiger partial charge in [0.05, 0.1) is 6.07 Å². The van der Waals surface area contributed by atoms with Gasteiger partial charge in [-0.3, -0.25) is 9.59 Å². The Bertz CT molecular complexity index is 687. The highest BCUT2D eigenvalue weighted by Gasteiger charge is 2.38. The van der Waals surface area contributed by atoms with Crippen molar-refractivity contribution in [3.63, 3.8) is 0 Å². The van der Waals surface area contributed by atoms with Crippen molar-refractivity contribution < 1.29 is 23.9 Å². The van der Waals surface area contributed by atoms with Crippen LogP contribution in [0.4, 0.5) is 0 Å². The highest BCUT2D eigenvalue weighted by atomic mass is 16.6. The summed E-state index contributed by atoms with van der Waals surface area (Å²) in [6.45, 7) is -0.771. The van der Waals surface area contributed by atoms with E-state index in [-0.39, 0.29) is 6.61 Å². The van der Waals surface area contributed by atoms with Crippen molar-refractivity contribution in [2.75, 3.05) is 20.3 Å². The number of nitrogens with zero attached hydrogens (tertiary/aromatic N) is 2. The van der Waals surface area contributed by atoms with Crippen molar-refractivity contribution in [3.05, 3.63) is 29.8 Å². The highest BCUT2D eigenvalue weighted by Crippen LogP contribution is 2.32. The molecular formula is C19H22N2O5. The molecule has 0 spiro atoms. The van der Waals surface area contributed by atoms with Crippen LogP contribution in [0.2, 0.25) is 0 Å². The van der Waals surface area contributed by atoms with Gasteiger partial charge in [-0.25, -0.2) is 4.79 Å². The zero-order valence-electron chi connectivity index (χ0n) is 14.8. The van der Waals surface area contributed by atoms with Crippen molar-refractivity contribution in [2.24, 2.45) is 0 Å². The molecule has 0 heterocycles. The molecule has 1 aliphatic rings. The lowest BCUT2D eigenvalue weighted by Crippen LogP contribution is -2.51. The third-order valence-corrected chi connectivity index (χ3v) is 4.63. The number of ether oxygens (including phenoxy) is 2. The van der Waals surface area contributed by atoms with Gasteiger partial charge in [-0.15, -0.1) is 0 Å². The van der Waals surface area contributed by atoms with E-state index in [4.69, 9.17) is 9.47 Å². The third-order valence-electron chi connectivity index (χ3n) is 4.63. The first-order chi connectivity index (χ1) is 12.5. The van der Waals surface area contributed by atoms with Crippen LogP contribution >= 0.6 is 0 Å². The first-order valence-corrected chi connectivity index (χ1v) is 8.52. The summed E-state index contributed by atoms with van der Waals surface area (Å²) in [7, 11) is 1.58. The minimum Gasteiger partial charge on any atom is -0.482 e. The van der Waals surface area contributed by atoms with E-state index in [0.717, 1.165) is 19.3 Å². The van der Waals surface area contributed by atoms with Gasteiger partial charge in [0.25, 0.3) is 5.91 Å². The summed E-state index contributed by atoms with van der Waals surface area (Å²) in [5.74, 6) is -0.667. The van der Waals surface area contributed by atoms with Gasteiger partial charge in [-0.1, -0.05) is 19.3 Å². The topological polar surface area (TPSA) is 96.7 Å². The number of esters is 1. The van der Waals surface area contributed by atoms with E-state index in [9.17, 15) is 19.6 Å². The first-order valence-electron chi connectivity index (χ1n) is 8.52. The lowest BCUT2D eigenvalue weighted by atomic mass is 9.81. The fourth-order valence-corrected chi connectivity index (χ4v) is 2.96. The molecule has 1 aromatic rings. The predicted molar refractivity (Wildman–Crippen MR) is 92.5 cm³/mol. The summed E-state index contributed by atoms with van der Waals surface area (Å²) in [6.07, 6.45) is 4.86. The van der Waals surface area contributed by atoms with Gasteiger partial charge in [-0.2, -0.15) is 5.26 Å². The minimum atomic E-state index is -0.807. The van der Waals surface area contributed by atoms with E-state index >= 15 is 0 Å². The lowest BCUT2D eigenvalue weighted by molar-refractivity contribution is -0.155. The minimum absolute atomic E-state index is 0.346. The van der Waals surface area contributed by atoms with E-state index < -0.39 is 24.0 Å². The normalized spacial score (nSPS) is 15.4. The molecule has 7 heteroatoms. The fourth-order valence-electron chi connectivity index (χ4n) is 2.96. The fraction of sp³-hybridized carbons (Fsp3) is 0.474. The van der Waals surface area contributed by atoms with Crippen molar-refractivity contribution >= 4 is 18.2 Å². The van der Waals surface area contributed by atoms with Crippen LogP contribution in [-0.2, 0) is 14.3 Å². The summed E-state index contributed by atoms with van der Waals surface area (Å²) in [5.41, 5.74) is -0.304. The van der Waals surface area contributed by atoms with Gasteiger partial charge in [0.15, 0.2) is 13.2 Å². The van der Waals surface area contributed by atoms with Crippen LogP contribution in [0.15, 0.2) is 24.3 Å². The van der Waals surface area contributed by atoms with E-state index in [1.165, 1.54) is 4.90 Å². The Kier molecular flexibility index (Phi) is 6.73. The zero-order chi connectivity index (χ0) is 19.0. The Hall–Kier alpha value is -2.88. The second kappa shape index (κ2) is 8.99. The van der Waals surface area contributed by atoms with Crippen molar-refractivity contribution in [3.8, 4) is 11.8 Å². The number of rotatable bonds is 7. The molecule has 1 aliphatic carbocycles. The Morgan fingerprint density at radius 1 is 1.19 bits per heavy atom. The number of amides is 1. The number of hydrogen-bond acceptors (Lipinski definition) is 6. The number of likely N-dealkylation sites (N-methyl/N-ethyl adjacent to an activating group) is 1. The standard InChI is InChI=1S/C19H22N2O5/c1-21(19(14-20)9-3-2-4-10-19)17(23)12-26-18(24)13-25-16-7-5-15(11-22)6-8-16/h5-8,11H,2-4,9-10,12-13H2,1H3. The number of benzene rings is 1. The largest absolute Gasteiger partial charge is 0.482 e. The SMILES string of the molecule is CN(C(=O)COC(=O)COc1ccc(C=O)cc1)C1(C#N)CCCCC1. The van der Waals surface area contributed by atoms with Gasteiger partial charge < -0.3 is 14.4 Å². The van der Waals surface area contributed by atoms with Crippen LogP contribution < -0.4 is 4.74 Å². The van der Waals surface area contributed by atoms with E-state index in [0.29, 0.717) is 30.4 Å². The van der Waals surface area contributed by atoms with Crippen molar-refractivity contribution in [1.82, 2.24) is 4.90 Å². The Balaban J connectivity index is 1.79. The molecule has 1 saturated carbocycles. The Morgan fingerprint density at radius 3 is 2.42 bits per heavy atom. The Morgan fingerprint density at radius 2 is 1.85 bits per heavy atom. The zero-order valence-corrected chi connectivity index (χ0v) is 14.8. The van der Waals surface area contributed by atoms with Gasteiger partial charge in [0.1, 0.15) is 17.6 Å². The van der Waals surface area contributed by atoms with E-state index in [1.54, 1.807) is 31.3 Å². The maximum Gasteiger partial charge on any atom is 0.344 e. The molecule has 1 amide bonds. The number of carbonyl (C=O) groups is 3. The summed E-state index contributed by atoms with van der Waals surface area (Å²) < 4.78 is 10.2. The molecule has 2 rings (SSSR count). The maximum absolute atomic E-state index is 12.3. The molecule has 0 saturated heterocycles. The summed E-state index contributed by atoms with van der Waals surface area (Å²) in [5, 5.41) is 9.49. The molecule has 1 fully saturated rings. The molecule has 0 bridgehead atoms. The average Bonchev–Trinajstić information content (AvgIpc) is 2.70. The van der Waals surface area contributed by atoms with Crippen LogP contribution in [-0.4, -0.2) is 48.9 Å². The number of aldehydes is 1. The lowest BCUT2D eigenvalue weighted by Gasteiger charge is -2.38. The molecule has 1 aromatic carbocycles. The highest BCUT2D eigenvalue weighted by molar-refractivity contribution is 5.82. The molecule has 26 heavy (non-hydrogen) atoms. The average molecular weight is 358 g/mol. The van der Waals surface area contributed by atoms with Gasteiger partial charge in [0.2, 0.25) is 0 Å². The van der Waals surface area contributed by atoms with Crippen LogP contribution in [0.3, 0.4) is 0 Å².